The van der Waals surface area contributed by atoms with Gasteiger partial charge in [0.15, 0.2) is 11.5 Å². The van der Waals surface area contributed by atoms with Gasteiger partial charge >= 0.3 is 0 Å². The molecule has 0 radical (unpaired) electrons. The molecule has 0 amide bonds. The van der Waals surface area contributed by atoms with Crippen molar-refractivity contribution in [2.24, 2.45) is 4.99 Å². The number of rotatable bonds is 6. The molecule has 0 N–H and O–H groups in total. The van der Waals surface area contributed by atoms with E-state index < -0.39 is 0 Å². The molecule has 1 aromatic heterocycles. The molecule has 0 fully saturated rings. The van der Waals surface area contributed by atoms with Gasteiger partial charge in [-0.15, -0.1) is 11.3 Å². The lowest BCUT2D eigenvalue weighted by molar-refractivity contribution is 0.324. The van der Waals surface area contributed by atoms with Crippen molar-refractivity contribution >= 4 is 22.7 Å². The SMILES string of the molecule is COc1ccc(C=Nc2nc(-c3ccccc3)cs2)c(OC)c1OC. The summed E-state index contributed by atoms with van der Waals surface area (Å²) in [6.07, 6.45) is 1.72. The second-order valence-electron chi connectivity index (χ2n) is 5.06. The van der Waals surface area contributed by atoms with Gasteiger partial charge in [-0.2, -0.15) is 0 Å². The minimum absolute atomic E-state index is 0.540. The zero-order valence-electron chi connectivity index (χ0n) is 14.2. The summed E-state index contributed by atoms with van der Waals surface area (Å²) in [6.45, 7) is 0. The molecule has 0 unspecified atom stereocenters. The van der Waals surface area contributed by atoms with Crippen molar-refractivity contribution < 1.29 is 14.2 Å². The molecule has 25 heavy (non-hydrogen) atoms. The Labute approximate surface area is 150 Å². The highest BCUT2D eigenvalue weighted by molar-refractivity contribution is 7.13. The average molecular weight is 354 g/mol. The van der Waals surface area contributed by atoms with Crippen molar-refractivity contribution in [3.63, 3.8) is 0 Å². The molecule has 3 aromatic rings. The molecular weight excluding hydrogens is 336 g/mol. The third-order valence-corrected chi connectivity index (χ3v) is 4.36. The number of methoxy groups -OCH3 is 3. The Balaban J connectivity index is 1.89. The molecule has 0 aliphatic heterocycles. The van der Waals surface area contributed by atoms with E-state index in [4.69, 9.17) is 14.2 Å². The summed E-state index contributed by atoms with van der Waals surface area (Å²) in [6, 6.07) is 13.7. The Morgan fingerprint density at radius 1 is 0.920 bits per heavy atom. The number of hydrogen-bond acceptors (Lipinski definition) is 6. The van der Waals surface area contributed by atoms with Gasteiger partial charge < -0.3 is 14.2 Å². The maximum atomic E-state index is 5.46. The zero-order valence-corrected chi connectivity index (χ0v) is 15.0. The largest absolute Gasteiger partial charge is 0.493 e. The summed E-state index contributed by atoms with van der Waals surface area (Å²) in [5.74, 6) is 1.72. The van der Waals surface area contributed by atoms with E-state index in [-0.39, 0.29) is 0 Å². The van der Waals surface area contributed by atoms with Crippen LogP contribution in [0.4, 0.5) is 5.13 Å². The van der Waals surface area contributed by atoms with Crippen LogP contribution >= 0.6 is 11.3 Å². The number of aliphatic imine (C=N–C) groups is 1. The van der Waals surface area contributed by atoms with Gasteiger partial charge in [-0.3, -0.25) is 0 Å². The average Bonchev–Trinajstić information content (AvgIpc) is 3.15. The first-order chi connectivity index (χ1) is 12.3. The summed E-state index contributed by atoms with van der Waals surface area (Å²) < 4.78 is 16.1. The molecule has 1 heterocycles. The van der Waals surface area contributed by atoms with Crippen LogP contribution in [0.1, 0.15) is 5.56 Å². The van der Waals surface area contributed by atoms with Crippen molar-refractivity contribution in [3.05, 3.63) is 53.4 Å². The molecule has 0 saturated carbocycles. The van der Waals surface area contributed by atoms with Gasteiger partial charge in [-0.25, -0.2) is 9.98 Å². The smallest absolute Gasteiger partial charge is 0.209 e. The maximum absolute atomic E-state index is 5.46. The fourth-order valence-corrected chi connectivity index (χ4v) is 3.09. The normalized spacial score (nSPS) is 10.8. The Hall–Kier alpha value is -2.86. The first-order valence-corrected chi connectivity index (χ1v) is 8.48. The van der Waals surface area contributed by atoms with Crippen molar-refractivity contribution in [2.75, 3.05) is 21.3 Å². The van der Waals surface area contributed by atoms with Crippen LogP contribution in [0.2, 0.25) is 0 Å². The van der Waals surface area contributed by atoms with E-state index in [2.05, 4.69) is 9.98 Å². The van der Waals surface area contributed by atoms with Gasteiger partial charge in [0.25, 0.3) is 0 Å². The van der Waals surface area contributed by atoms with E-state index in [1.165, 1.54) is 11.3 Å². The van der Waals surface area contributed by atoms with Crippen LogP contribution in [0.15, 0.2) is 52.8 Å². The van der Waals surface area contributed by atoms with E-state index in [0.29, 0.717) is 22.4 Å². The molecule has 2 aromatic carbocycles. The van der Waals surface area contributed by atoms with Crippen molar-refractivity contribution in [2.45, 2.75) is 0 Å². The topological polar surface area (TPSA) is 52.9 Å². The van der Waals surface area contributed by atoms with E-state index in [1.54, 1.807) is 27.5 Å². The molecule has 5 nitrogen and oxygen atoms in total. The predicted octanol–water partition coefficient (Wildman–Crippen LogP) is 4.59. The van der Waals surface area contributed by atoms with E-state index in [9.17, 15) is 0 Å². The van der Waals surface area contributed by atoms with Gasteiger partial charge in [0, 0.05) is 22.7 Å². The number of aromatic nitrogens is 1. The first-order valence-electron chi connectivity index (χ1n) is 7.60. The lowest BCUT2D eigenvalue weighted by atomic mass is 10.2. The summed E-state index contributed by atoms with van der Waals surface area (Å²) in [5, 5.41) is 2.67. The Morgan fingerprint density at radius 3 is 2.36 bits per heavy atom. The molecule has 0 atom stereocenters. The fourth-order valence-electron chi connectivity index (χ4n) is 2.42. The van der Waals surface area contributed by atoms with Crippen molar-refractivity contribution in [1.82, 2.24) is 4.98 Å². The number of hydrogen-bond donors (Lipinski definition) is 0. The van der Waals surface area contributed by atoms with Crippen LogP contribution < -0.4 is 14.2 Å². The maximum Gasteiger partial charge on any atom is 0.209 e. The third kappa shape index (κ3) is 3.64. The van der Waals surface area contributed by atoms with Crippen LogP contribution in [0.25, 0.3) is 11.3 Å². The quantitative estimate of drug-likeness (QED) is 0.608. The highest BCUT2D eigenvalue weighted by Crippen LogP contribution is 2.39. The standard InChI is InChI=1S/C19H18N2O3S/c1-22-16-10-9-14(17(23-2)18(16)24-3)11-20-19-21-15(12-25-19)13-7-5-4-6-8-13/h4-12H,1-3H3. The number of thiazole rings is 1. The fraction of sp³-hybridized carbons (Fsp3) is 0.158. The molecule has 6 heteroatoms. The van der Waals surface area contributed by atoms with Gasteiger partial charge in [0.05, 0.1) is 27.0 Å². The minimum atomic E-state index is 0.540. The molecule has 0 aliphatic carbocycles. The molecule has 0 aliphatic rings. The lowest BCUT2D eigenvalue weighted by Crippen LogP contribution is -1.98. The van der Waals surface area contributed by atoms with Crippen LogP contribution in [0.5, 0.6) is 17.2 Å². The van der Waals surface area contributed by atoms with Gasteiger partial charge in [0.2, 0.25) is 10.9 Å². The van der Waals surface area contributed by atoms with E-state index >= 15 is 0 Å². The summed E-state index contributed by atoms with van der Waals surface area (Å²) in [5.41, 5.74) is 2.78. The van der Waals surface area contributed by atoms with Gasteiger partial charge in [-0.1, -0.05) is 30.3 Å². The number of ether oxygens (including phenoxy) is 3. The Kier molecular flexibility index (Phi) is 5.30. The monoisotopic (exact) mass is 354 g/mol. The van der Waals surface area contributed by atoms with Crippen molar-refractivity contribution in [3.8, 4) is 28.5 Å². The third-order valence-electron chi connectivity index (χ3n) is 3.61. The Morgan fingerprint density at radius 2 is 1.68 bits per heavy atom. The van der Waals surface area contributed by atoms with Gasteiger partial charge in [0.1, 0.15) is 0 Å². The molecule has 3 rings (SSSR count). The van der Waals surface area contributed by atoms with E-state index in [1.807, 2.05) is 47.8 Å². The minimum Gasteiger partial charge on any atom is -0.493 e. The van der Waals surface area contributed by atoms with Crippen molar-refractivity contribution in [1.29, 1.82) is 0 Å². The molecule has 0 spiro atoms. The Bertz CT molecular complexity index is 876. The van der Waals surface area contributed by atoms with Crippen LogP contribution in [0.3, 0.4) is 0 Å². The zero-order chi connectivity index (χ0) is 17.6. The van der Waals surface area contributed by atoms with Gasteiger partial charge in [-0.05, 0) is 12.1 Å². The molecular formula is C19H18N2O3S. The summed E-state index contributed by atoms with van der Waals surface area (Å²) in [4.78, 5) is 9.02. The predicted molar refractivity (Wildman–Crippen MR) is 101 cm³/mol. The second kappa shape index (κ2) is 7.81. The summed E-state index contributed by atoms with van der Waals surface area (Å²) in [7, 11) is 4.76. The number of benzene rings is 2. The number of nitrogens with zero attached hydrogens (tertiary/aromatic N) is 2. The molecule has 0 bridgehead atoms. The lowest BCUT2D eigenvalue weighted by Gasteiger charge is -2.13. The highest BCUT2D eigenvalue weighted by atomic mass is 32.1. The summed E-state index contributed by atoms with van der Waals surface area (Å²) >= 11 is 1.49. The molecule has 128 valence electrons. The van der Waals surface area contributed by atoms with Crippen LogP contribution in [0, 0.1) is 0 Å². The first kappa shape index (κ1) is 17.0. The second-order valence-corrected chi connectivity index (χ2v) is 5.90. The van der Waals surface area contributed by atoms with Crippen LogP contribution in [-0.4, -0.2) is 32.5 Å². The van der Waals surface area contributed by atoms with Crippen LogP contribution in [-0.2, 0) is 0 Å². The van der Waals surface area contributed by atoms with E-state index in [0.717, 1.165) is 16.8 Å². The highest BCUT2D eigenvalue weighted by Gasteiger charge is 2.14. The molecule has 0 saturated heterocycles.